The first-order chi connectivity index (χ1) is 18.9. The number of piperidine rings is 1. The average Bonchev–Trinajstić information content (AvgIpc) is 3.50. The summed E-state index contributed by atoms with van der Waals surface area (Å²) in [4.78, 5) is 25.7. The standard InChI is InChI=1S/C28H29F2N5O4.H3N/c29-21-3-1-20(23(30)14-21)17-39-35-11-7-24(32-35)18-5-9-33(10-6-18)16-27-31-25-4-2-19(28(36)37)13-26(25)34(27)15-22-8-12-38-22;/h1-4,7,11,13-14,18,22H,5-6,8-10,12,15-17H2,(H,36,37);1H3/t22-;/m0./s1. The Balaban J connectivity index is 0.00000323. The molecule has 2 aliphatic heterocycles. The van der Waals surface area contributed by atoms with Crippen molar-refractivity contribution in [2.24, 2.45) is 0 Å². The fraction of sp³-hybridized carbons (Fsp3) is 0.393. The summed E-state index contributed by atoms with van der Waals surface area (Å²) in [5, 5.41) is 14.0. The van der Waals surface area contributed by atoms with Crippen molar-refractivity contribution in [2.45, 2.75) is 51.0 Å². The number of benzene rings is 2. The first kappa shape index (κ1) is 27.7. The van der Waals surface area contributed by atoms with Gasteiger partial charge in [-0.1, -0.05) is 0 Å². The van der Waals surface area contributed by atoms with Gasteiger partial charge in [-0.05, 0) is 68.8 Å². The van der Waals surface area contributed by atoms with Crippen molar-refractivity contribution in [3.63, 3.8) is 0 Å². The molecule has 2 aromatic heterocycles. The number of carboxylic acid groups (broad SMARTS) is 1. The third-order valence-electron chi connectivity index (χ3n) is 7.58. The molecule has 4 N–H and O–H groups in total. The van der Waals surface area contributed by atoms with Gasteiger partial charge in [0, 0.05) is 24.2 Å². The molecule has 40 heavy (non-hydrogen) atoms. The van der Waals surface area contributed by atoms with Crippen LogP contribution in [-0.2, 0) is 24.4 Å². The van der Waals surface area contributed by atoms with Gasteiger partial charge < -0.3 is 25.4 Å². The second-order valence-electron chi connectivity index (χ2n) is 10.1. The first-order valence-corrected chi connectivity index (χ1v) is 13.1. The topological polar surface area (TPSA) is 130 Å². The van der Waals surface area contributed by atoms with Crippen LogP contribution in [0.3, 0.4) is 0 Å². The van der Waals surface area contributed by atoms with Gasteiger partial charge in [-0.25, -0.2) is 18.6 Å². The predicted octanol–water partition coefficient (Wildman–Crippen LogP) is 4.17. The van der Waals surface area contributed by atoms with Crippen molar-refractivity contribution in [3.8, 4) is 0 Å². The van der Waals surface area contributed by atoms with E-state index in [4.69, 9.17) is 14.6 Å². The summed E-state index contributed by atoms with van der Waals surface area (Å²) in [6.45, 7) is 3.75. The highest BCUT2D eigenvalue weighted by atomic mass is 19.1. The van der Waals surface area contributed by atoms with E-state index < -0.39 is 17.6 Å². The predicted molar refractivity (Wildman–Crippen MR) is 142 cm³/mol. The maximum Gasteiger partial charge on any atom is 0.335 e. The van der Waals surface area contributed by atoms with Crippen LogP contribution in [0.15, 0.2) is 48.7 Å². The molecule has 0 bridgehead atoms. The normalized spacial score (nSPS) is 17.9. The van der Waals surface area contributed by atoms with Gasteiger partial charge in [0.05, 0.1) is 47.7 Å². The highest BCUT2D eigenvalue weighted by molar-refractivity contribution is 5.92. The molecule has 0 spiro atoms. The van der Waals surface area contributed by atoms with E-state index >= 15 is 0 Å². The quantitative estimate of drug-likeness (QED) is 0.315. The smallest absolute Gasteiger partial charge is 0.335 e. The summed E-state index contributed by atoms with van der Waals surface area (Å²) in [5.74, 6) is -1.04. The second-order valence-corrected chi connectivity index (χ2v) is 10.1. The van der Waals surface area contributed by atoms with E-state index in [0.29, 0.717) is 13.1 Å². The number of hydrogen-bond donors (Lipinski definition) is 2. The number of fused-ring (bicyclic) bond motifs is 1. The van der Waals surface area contributed by atoms with E-state index in [9.17, 15) is 18.7 Å². The van der Waals surface area contributed by atoms with Crippen LogP contribution in [0.1, 0.15) is 52.6 Å². The maximum atomic E-state index is 13.9. The number of carbonyl (C=O) groups is 1. The van der Waals surface area contributed by atoms with Crippen LogP contribution < -0.4 is 11.0 Å². The molecule has 0 radical (unpaired) electrons. The molecule has 10 nitrogen and oxygen atoms in total. The minimum atomic E-state index is -0.955. The molecule has 6 rings (SSSR count). The average molecular weight is 555 g/mol. The Morgan fingerprint density at radius 1 is 1.10 bits per heavy atom. The van der Waals surface area contributed by atoms with Crippen molar-refractivity contribution in [3.05, 3.63) is 82.9 Å². The number of ether oxygens (including phenoxy) is 1. The summed E-state index contributed by atoms with van der Waals surface area (Å²) in [6.07, 6.45) is 4.65. The molecule has 0 amide bonds. The van der Waals surface area contributed by atoms with Gasteiger partial charge in [0.2, 0.25) is 0 Å². The zero-order valence-corrected chi connectivity index (χ0v) is 22.0. The number of nitrogens with zero attached hydrogens (tertiary/aromatic N) is 5. The van der Waals surface area contributed by atoms with E-state index in [1.54, 1.807) is 24.4 Å². The number of aromatic carboxylic acids is 1. The summed E-state index contributed by atoms with van der Waals surface area (Å²) in [5.41, 5.74) is 3.04. The van der Waals surface area contributed by atoms with E-state index in [-0.39, 0.29) is 35.9 Å². The molecule has 4 aromatic rings. The maximum absolute atomic E-state index is 13.9. The van der Waals surface area contributed by atoms with Crippen molar-refractivity contribution in [2.75, 3.05) is 19.7 Å². The van der Waals surface area contributed by atoms with Crippen LogP contribution in [0.4, 0.5) is 8.78 Å². The monoisotopic (exact) mass is 554 g/mol. The van der Waals surface area contributed by atoms with Gasteiger partial charge >= 0.3 is 5.97 Å². The van der Waals surface area contributed by atoms with E-state index in [0.717, 1.165) is 67.6 Å². The van der Waals surface area contributed by atoms with Gasteiger partial charge in [-0.3, -0.25) is 4.90 Å². The molecule has 2 aromatic carbocycles. The Bertz CT molecular complexity index is 1490. The van der Waals surface area contributed by atoms with Crippen LogP contribution in [0.5, 0.6) is 0 Å². The third kappa shape index (κ3) is 5.83. The fourth-order valence-electron chi connectivity index (χ4n) is 5.23. The molecule has 0 saturated carbocycles. The lowest BCUT2D eigenvalue weighted by Gasteiger charge is -2.32. The molecule has 2 aliphatic rings. The van der Waals surface area contributed by atoms with E-state index in [2.05, 4.69) is 14.6 Å². The lowest BCUT2D eigenvalue weighted by Crippen LogP contribution is -2.35. The molecule has 0 aliphatic carbocycles. The molecule has 12 heteroatoms. The second kappa shape index (κ2) is 11.7. The third-order valence-corrected chi connectivity index (χ3v) is 7.58. The van der Waals surface area contributed by atoms with Crippen LogP contribution in [0.25, 0.3) is 11.0 Å². The molecule has 2 saturated heterocycles. The number of aromatic nitrogens is 4. The summed E-state index contributed by atoms with van der Waals surface area (Å²) >= 11 is 0. The summed E-state index contributed by atoms with van der Waals surface area (Å²) in [7, 11) is 0. The highest BCUT2D eigenvalue weighted by Crippen LogP contribution is 2.29. The number of rotatable bonds is 9. The number of likely N-dealkylation sites (tertiary alicyclic amines) is 1. The Kier molecular flexibility index (Phi) is 8.10. The number of hydrogen-bond acceptors (Lipinski definition) is 7. The van der Waals surface area contributed by atoms with E-state index in [1.165, 1.54) is 17.0 Å². The number of carboxylic acids is 1. The number of halogens is 2. The zero-order chi connectivity index (χ0) is 26.9. The van der Waals surface area contributed by atoms with Gasteiger partial charge in [0.25, 0.3) is 0 Å². The molecule has 0 unspecified atom stereocenters. The summed E-state index contributed by atoms with van der Waals surface area (Å²) < 4.78 is 34.8. The minimum absolute atomic E-state index is 0. The molecule has 2 fully saturated rings. The largest absolute Gasteiger partial charge is 0.478 e. The molecular weight excluding hydrogens is 522 g/mol. The minimum Gasteiger partial charge on any atom is -0.478 e. The van der Waals surface area contributed by atoms with Crippen molar-refractivity contribution in [1.29, 1.82) is 0 Å². The molecule has 1 atom stereocenters. The fourth-order valence-corrected chi connectivity index (χ4v) is 5.23. The Hall–Kier alpha value is -3.87. The van der Waals surface area contributed by atoms with Crippen LogP contribution in [0.2, 0.25) is 0 Å². The lowest BCUT2D eigenvalue weighted by molar-refractivity contribution is -0.0592. The van der Waals surface area contributed by atoms with Crippen LogP contribution >= 0.6 is 0 Å². The Morgan fingerprint density at radius 3 is 2.60 bits per heavy atom. The summed E-state index contributed by atoms with van der Waals surface area (Å²) in [6, 6.07) is 10.4. The molecule has 4 heterocycles. The first-order valence-electron chi connectivity index (χ1n) is 13.1. The van der Waals surface area contributed by atoms with Crippen molar-refractivity contribution < 1.29 is 28.3 Å². The van der Waals surface area contributed by atoms with Gasteiger partial charge in [0.1, 0.15) is 24.1 Å². The SMILES string of the molecule is N.O=C(O)c1ccc2nc(CN3CCC(c4ccn(OCc5ccc(F)cc5F)n4)CC3)n(C[C@@H]3CCO3)c2c1. The van der Waals surface area contributed by atoms with Gasteiger partial charge in [-0.2, -0.15) is 0 Å². The van der Waals surface area contributed by atoms with Gasteiger partial charge in [0.15, 0.2) is 0 Å². The Morgan fingerprint density at radius 2 is 1.90 bits per heavy atom. The zero-order valence-electron chi connectivity index (χ0n) is 22.0. The van der Waals surface area contributed by atoms with Crippen molar-refractivity contribution in [1.82, 2.24) is 30.5 Å². The van der Waals surface area contributed by atoms with Crippen LogP contribution in [-0.4, -0.2) is 61.3 Å². The number of imidazole rings is 1. The van der Waals surface area contributed by atoms with Crippen molar-refractivity contribution >= 4 is 17.0 Å². The van der Waals surface area contributed by atoms with E-state index in [1.807, 2.05) is 6.07 Å². The Labute approximate surface area is 229 Å². The van der Waals surface area contributed by atoms with Gasteiger partial charge in [-0.15, -0.1) is 9.94 Å². The molecule has 212 valence electrons. The molecular formula is C28H32F2N6O4. The van der Waals surface area contributed by atoms with Crippen LogP contribution in [0, 0.1) is 11.6 Å². The lowest BCUT2D eigenvalue weighted by atomic mass is 9.94. The highest BCUT2D eigenvalue weighted by Gasteiger charge is 2.26.